The summed E-state index contributed by atoms with van der Waals surface area (Å²) < 4.78 is 11.9. The van der Waals surface area contributed by atoms with Gasteiger partial charge in [0.1, 0.15) is 0 Å². The fourth-order valence-electron chi connectivity index (χ4n) is 4.40. The maximum absolute atomic E-state index is 6.11. The molecule has 3 aliphatic rings. The van der Waals surface area contributed by atoms with E-state index in [0.29, 0.717) is 12.1 Å². The van der Waals surface area contributed by atoms with Gasteiger partial charge in [0.15, 0.2) is 0 Å². The average molecular weight is 295 g/mol. The molecule has 3 fully saturated rings. The first kappa shape index (κ1) is 15.8. The molecule has 0 bridgehead atoms. The van der Waals surface area contributed by atoms with E-state index < -0.39 is 0 Å². The SMILES string of the molecule is CCCNC(CCC1CCCO1)C1CCOC2(CCC2)C1. The molecule has 3 unspecified atom stereocenters. The highest BCUT2D eigenvalue weighted by Crippen LogP contribution is 2.45. The normalized spacial score (nSPS) is 33.0. The van der Waals surface area contributed by atoms with E-state index in [1.54, 1.807) is 0 Å². The van der Waals surface area contributed by atoms with Crippen molar-refractivity contribution < 1.29 is 9.47 Å². The van der Waals surface area contributed by atoms with Crippen LogP contribution < -0.4 is 5.32 Å². The zero-order valence-electron chi connectivity index (χ0n) is 13.7. The quantitative estimate of drug-likeness (QED) is 0.777. The van der Waals surface area contributed by atoms with E-state index in [1.165, 1.54) is 64.2 Å². The van der Waals surface area contributed by atoms with Gasteiger partial charge >= 0.3 is 0 Å². The highest BCUT2D eigenvalue weighted by atomic mass is 16.5. The number of hydrogen-bond donors (Lipinski definition) is 1. The van der Waals surface area contributed by atoms with Gasteiger partial charge in [-0.3, -0.25) is 0 Å². The Balaban J connectivity index is 1.52. The van der Waals surface area contributed by atoms with Gasteiger partial charge in [-0.1, -0.05) is 6.92 Å². The Kier molecular flexibility index (Phi) is 5.58. The predicted molar refractivity (Wildman–Crippen MR) is 85.5 cm³/mol. The highest BCUT2D eigenvalue weighted by Gasteiger charge is 2.44. The third-order valence-electron chi connectivity index (χ3n) is 5.85. The second-order valence-corrected chi connectivity index (χ2v) is 7.41. The molecule has 0 aromatic heterocycles. The summed E-state index contributed by atoms with van der Waals surface area (Å²) in [6.07, 6.45) is 13.3. The largest absolute Gasteiger partial charge is 0.378 e. The fraction of sp³-hybridized carbons (Fsp3) is 1.00. The molecule has 1 saturated carbocycles. The van der Waals surface area contributed by atoms with Crippen LogP contribution in [0.3, 0.4) is 0 Å². The van der Waals surface area contributed by atoms with Crippen LogP contribution in [0.1, 0.15) is 71.1 Å². The highest BCUT2D eigenvalue weighted by molar-refractivity contribution is 4.96. The van der Waals surface area contributed by atoms with E-state index in [4.69, 9.17) is 9.47 Å². The molecular weight excluding hydrogens is 262 g/mol. The maximum Gasteiger partial charge on any atom is 0.0685 e. The molecule has 1 aliphatic carbocycles. The Bertz CT molecular complexity index is 310. The molecule has 1 spiro atoms. The lowest BCUT2D eigenvalue weighted by molar-refractivity contribution is -0.147. The molecule has 1 N–H and O–H groups in total. The Labute approximate surface area is 130 Å². The van der Waals surface area contributed by atoms with E-state index in [-0.39, 0.29) is 5.60 Å². The zero-order chi connectivity index (χ0) is 14.5. The molecule has 2 aliphatic heterocycles. The topological polar surface area (TPSA) is 30.5 Å². The van der Waals surface area contributed by atoms with Gasteiger partial charge in [-0.15, -0.1) is 0 Å². The Hall–Kier alpha value is -0.120. The van der Waals surface area contributed by atoms with Crippen LogP contribution in [-0.4, -0.2) is 37.5 Å². The third-order valence-corrected chi connectivity index (χ3v) is 5.85. The minimum absolute atomic E-state index is 0.277. The summed E-state index contributed by atoms with van der Waals surface area (Å²) in [6.45, 7) is 5.38. The summed E-state index contributed by atoms with van der Waals surface area (Å²) in [5.41, 5.74) is 0.277. The maximum atomic E-state index is 6.11. The van der Waals surface area contributed by atoms with Crippen LogP contribution in [0.2, 0.25) is 0 Å². The number of hydrogen-bond acceptors (Lipinski definition) is 3. The third kappa shape index (κ3) is 4.00. The first-order valence-electron chi connectivity index (χ1n) is 9.30. The summed E-state index contributed by atoms with van der Waals surface area (Å²) in [7, 11) is 0. The van der Waals surface area contributed by atoms with Crippen molar-refractivity contribution >= 4 is 0 Å². The monoisotopic (exact) mass is 295 g/mol. The lowest BCUT2D eigenvalue weighted by Crippen LogP contribution is -2.50. The lowest BCUT2D eigenvalue weighted by Gasteiger charge is -2.49. The predicted octanol–water partition coefficient (Wildman–Crippen LogP) is 3.66. The van der Waals surface area contributed by atoms with Gasteiger partial charge in [-0.05, 0) is 76.7 Å². The smallest absolute Gasteiger partial charge is 0.0685 e. The standard InChI is InChI=1S/C18H33NO2/c1-2-11-19-17(7-6-16-5-3-12-20-16)15-8-13-21-18(14-15)9-4-10-18/h15-17,19H,2-14H2,1H3. The van der Waals surface area contributed by atoms with Gasteiger partial charge in [-0.2, -0.15) is 0 Å². The summed E-state index contributed by atoms with van der Waals surface area (Å²) >= 11 is 0. The molecule has 0 aromatic rings. The molecule has 0 radical (unpaired) electrons. The van der Waals surface area contributed by atoms with Crippen molar-refractivity contribution in [3.05, 3.63) is 0 Å². The summed E-state index contributed by atoms with van der Waals surface area (Å²) in [5.74, 6) is 0.812. The van der Waals surface area contributed by atoms with Crippen LogP contribution in [0.5, 0.6) is 0 Å². The Morgan fingerprint density at radius 2 is 2.10 bits per heavy atom. The second kappa shape index (κ2) is 7.43. The summed E-state index contributed by atoms with van der Waals surface area (Å²) in [5, 5.41) is 3.84. The van der Waals surface area contributed by atoms with Crippen molar-refractivity contribution in [2.24, 2.45) is 5.92 Å². The number of ether oxygens (including phenoxy) is 2. The fourth-order valence-corrected chi connectivity index (χ4v) is 4.40. The van der Waals surface area contributed by atoms with Gasteiger partial charge in [0.2, 0.25) is 0 Å². The molecule has 0 aromatic carbocycles. The van der Waals surface area contributed by atoms with E-state index >= 15 is 0 Å². The molecule has 3 atom stereocenters. The molecule has 2 heterocycles. The van der Waals surface area contributed by atoms with Gasteiger partial charge in [0.25, 0.3) is 0 Å². The van der Waals surface area contributed by atoms with E-state index in [2.05, 4.69) is 12.2 Å². The van der Waals surface area contributed by atoms with E-state index in [0.717, 1.165) is 25.7 Å². The van der Waals surface area contributed by atoms with Crippen LogP contribution >= 0.6 is 0 Å². The molecule has 2 saturated heterocycles. The van der Waals surface area contributed by atoms with Gasteiger partial charge < -0.3 is 14.8 Å². The van der Waals surface area contributed by atoms with Crippen LogP contribution in [0.4, 0.5) is 0 Å². The van der Waals surface area contributed by atoms with Crippen molar-refractivity contribution in [3.63, 3.8) is 0 Å². The minimum Gasteiger partial charge on any atom is -0.378 e. The minimum atomic E-state index is 0.277. The average Bonchev–Trinajstić information content (AvgIpc) is 2.99. The van der Waals surface area contributed by atoms with Gasteiger partial charge in [0.05, 0.1) is 11.7 Å². The van der Waals surface area contributed by atoms with Crippen molar-refractivity contribution in [1.29, 1.82) is 0 Å². The first-order valence-corrected chi connectivity index (χ1v) is 9.30. The summed E-state index contributed by atoms with van der Waals surface area (Å²) in [4.78, 5) is 0. The number of rotatable bonds is 7. The zero-order valence-corrected chi connectivity index (χ0v) is 13.7. The van der Waals surface area contributed by atoms with Crippen molar-refractivity contribution in [1.82, 2.24) is 5.32 Å². The van der Waals surface area contributed by atoms with Crippen molar-refractivity contribution in [2.45, 2.75) is 88.9 Å². The van der Waals surface area contributed by atoms with Gasteiger partial charge in [-0.25, -0.2) is 0 Å². The molecular formula is C18H33NO2. The first-order chi connectivity index (χ1) is 10.3. The molecule has 3 rings (SSSR count). The van der Waals surface area contributed by atoms with Crippen LogP contribution in [-0.2, 0) is 9.47 Å². The van der Waals surface area contributed by atoms with E-state index in [1.807, 2.05) is 0 Å². The van der Waals surface area contributed by atoms with Crippen LogP contribution in [0, 0.1) is 5.92 Å². The Morgan fingerprint density at radius 1 is 1.19 bits per heavy atom. The molecule has 3 nitrogen and oxygen atoms in total. The van der Waals surface area contributed by atoms with Crippen LogP contribution in [0.15, 0.2) is 0 Å². The molecule has 21 heavy (non-hydrogen) atoms. The summed E-state index contributed by atoms with van der Waals surface area (Å²) in [6, 6.07) is 0.676. The molecule has 3 heteroatoms. The number of nitrogens with one attached hydrogen (secondary N) is 1. The second-order valence-electron chi connectivity index (χ2n) is 7.41. The van der Waals surface area contributed by atoms with Crippen LogP contribution in [0.25, 0.3) is 0 Å². The van der Waals surface area contributed by atoms with Crippen molar-refractivity contribution in [3.8, 4) is 0 Å². The molecule has 0 amide bonds. The lowest BCUT2D eigenvalue weighted by atomic mass is 9.70. The molecule has 122 valence electrons. The van der Waals surface area contributed by atoms with Gasteiger partial charge in [0, 0.05) is 19.3 Å². The van der Waals surface area contributed by atoms with E-state index in [9.17, 15) is 0 Å². The Morgan fingerprint density at radius 3 is 2.76 bits per heavy atom. The van der Waals surface area contributed by atoms with Crippen molar-refractivity contribution in [2.75, 3.05) is 19.8 Å².